The Labute approximate surface area is 178 Å². The van der Waals surface area contributed by atoms with Crippen molar-refractivity contribution in [2.24, 2.45) is 0 Å². The predicted molar refractivity (Wildman–Crippen MR) is 122 cm³/mol. The summed E-state index contributed by atoms with van der Waals surface area (Å²) in [4.78, 5) is 13.1. The van der Waals surface area contributed by atoms with E-state index in [1.54, 1.807) is 23.5 Å². The van der Waals surface area contributed by atoms with Gasteiger partial charge in [-0.15, -0.1) is 23.5 Å². The van der Waals surface area contributed by atoms with Gasteiger partial charge in [-0.2, -0.15) is 0 Å². The standard InChI is InChI=1S/C21H27NO3S3/c1-5-25-19(23)21(26-12-13-27-21)18(22-28(24)20(2,3)4)17-11-10-15-8-6-7-9-16(15)14-17/h6-11,14,18,22H,5,12-13H2,1-4H3/t18?,28-/m0/s1. The van der Waals surface area contributed by atoms with E-state index in [4.69, 9.17) is 4.74 Å². The highest BCUT2D eigenvalue weighted by atomic mass is 32.2. The van der Waals surface area contributed by atoms with Gasteiger partial charge >= 0.3 is 5.97 Å². The third-order valence-electron chi connectivity index (χ3n) is 4.54. The van der Waals surface area contributed by atoms with Crippen LogP contribution in [0.4, 0.5) is 0 Å². The second kappa shape index (κ2) is 8.78. The van der Waals surface area contributed by atoms with E-state index in [1.165, 1.54) is 0 Å². The van der Waals surface area contributed by atoms with Crippen LogP contribution in [0.3, 0.4) is 0 Å². The number of hydrogen-bond donors (Lipinski definition) is 1. The summed E-state index contributed by atoms with van der Waals surface area (Å²) < 4.78 is 20.5. The third-order valence-corrected chi connectivity index (χ3v) is 9.55. The van der Waals surface area contributed by atoms with Gasteiger partial charge in [0.15, 0.2) is 4.08 Å². The molecule has 0 saturated carbocycles. The van der Waals surface area contributed by atoms with Crippen molar-refractivity contribution in [1.82, 2.24) is 4.72 Å². The molecule has 3 rings (SSSR count). The summed E-state index contributed by atoms with van der Waals surface area (Å²) in [5, 5.41) is 2.24. The fraction of sp³-hybridized carbons (Fsp3) is 0.476. The number of ether oxygens (including phenoxy) is 1. The van der Waals surface area contributed by atoms with Crippen molar-refractivity contribution in [3.63, 3.8) is 0 Å². The molecule has 1 saturated heterocycles. The maximum absolute atomic E-state index is 13.1. The summed E-state index contributed by atoms with van der Waals surface area (Å²) in [7, 11) is -1.33. The van der Waals surface area contributed by atoms with Crippen molar-refractivity contribution in [2.75, 3.05) is 18.1 Å². The van der Waals surface area contributed by atoms with Crippen LogP contribution in [-0.2, 0) is 20.5 Å². The summed E-state index contributed by atoms with van der Waals surface area (Å²) in [6.45, 7) is 7.94. The van der Waals surface area contributed by atoms with E-state index in [-0.39, 0.29) is 5.97 Å². The van der Waals surface area contributed by atoms with Gasteiger partial charge in [0, 0.05) is 11.5 Å². The van der Waals surface area contributed by atoms with Crippen LogP contribution in [-0.4, -0.2) is 37.1 Å². The Balaban J connectivity index is 2.09. The predicted octanol–water partition coefficient (Wildman–Crippen LogP) is 4.67. The first-order chi connectivity index (χ1) is 13.3. The number of carbonyl (C=O) groups is 1. The molecule has 2 aromatic rings. The molecular weight excluding hydrogens is 410 g/mol. The van der Waals surface area contributed by atoms with Crippen LogP contribution in [0, 0.1) is 0 Å². The highest BCUT2D eigenvalue weighted by Gasteiger charge is 2.52. The summed E-state index contributed by atoms with van der Waals surface area (Å²) in [6.07, 6.45) is 0. The Morgan fingerprint density at radius 2 is 1.82 bits per heavy atom. The van der Waals surface area contributed by atoms with Gasteiger partial charge in [0.1, 0.15) is 0 Å². The average molecular weight is 438 g/mol. The third kappa shape index (κ3) is 4.42. The molecule has 0 aliphatic carbocycles. The highest BCUT2D eigenvalue weighted by molar-refractivity contribution is 8.22. The van der Waals surface area contributed by atoms with E-state index in [0.29, 0.717) is 6.61 Å². The number of benzene rings is 2. The number of thioether (sulfide) groups is 2. The molecule has 0 aromatic heterocycles. The first-order valence-electron chi connectivity index (χ1n) is 9.40. The van der Waals surface area contributed by atoms with Crippen molar-refractivity contribution in [3.8, 4) is 0 Å². The second-order valence-electron chi connectivity index (χ2n) is 7.62. The summed E-state index contributed by atoms with van der Waals surface area (Å²) in [5.74, 6) is 1.47. The molecule has 7 heteroatoms. The molecule has 28 heavy (non-hydrogen) atoms. The van der Waals surface area contributed by atoms with Crippen molar-refractivity contribution in [2.45, 2.75) is 42.6 Å². The lowest BCUT2D eigenvalue weighted by Crippen LogP contribution is -2.48. The molecule has 1 N–H and O–H groups in total. The minimum absolute atomic E-state index is 0.251. The zero-order valence-corrected chi connectivity index (χ0v) is 19.1. The van der Waals surface area contributed by atoms with Crippen molar-refractivity contribution in [3.05, 3.63) is 48.0 Å². The Hall–Kier alpha value is -1.02. The molecule has 2 atom stereocenters. The lowest BCUT2D eigenvalue weighted by atomic mass is 9.99. The molecule has 1 fully saturated rings. The van der Waals surface area contributed by atoms with Gasteiger partial charge in [0.25, 0.3) is 0 Å². The van der Waals surface area contributed by atoms with E-state index in [9.17, 15) is 9.00 Å². The largest absolute Gasteiger partial charge is 0.464 e. The van der Waals surface area contributed by atoms with Crippen LogP contribution in [0.1, 0.15) is 39.3 Å². The number of fused-ring (bicyclic) bond motifs is 1. The Morgan fingerprint density at radius 3 is 2.43 bits per heavy atom. The topological polar surface area (TPSA) is 55.4 Å². The molecule has 0 bridgehead atoms. The molecule has 1 aliphatic rings. The van der Waals surface area contributed by atoms with Gasteiger partial charge in [-0.1, -0.05) is 36.4 Å². The Kier molecular flexibility index (Phi) is 6.80. The smallest absolute Gasteiger partial charge is 0.334 e. The first-order valence-corrected chi connectivity index (χ1v) is 12.5. The molecule has 0 spiro atoms. The van der Waals surface area contributed by atoms with Gasteiger partial charge in [0.2, 0.25) is 0 Å². The molecule has 2 aromatic carbocycles. The summed E-state index contributed by atoms with van der Waals surface area (Å²) in [5.41, 5.74) is 0.950. The monoisotopic (exact) mass is 437 g/mol. The van der Waals surface area contributed by atoms with E-state index in [0.717, 1.165) is 27.8 Å². The van der Waals surface area contributed by atoms with Gasteiger partial charge in [-0.05, 0) is 50.1 Å². The van der Waals surface area contributed by atoms with Crippen LogP contribution in [0.5, 0.6) is 0 Å². The van der Waals surface area contributed by atoms with E-state index in [1.807, 2.05) is 45.9 Å². The maximum atomic E-state index is 13.1. The number of esters is 1. The quantitative estimate of drug-likeness (QED) is 0.666. The van der Waals surface area contributed by atoms with Crippen LogP contribution >= 0.6 is 23.5 Å². The van der Waals surface area contributed by atoms with Crippen molar-refractivity contribution >= 4 is 51.3 Å². The minimum atomic E-state index is -1.33. The van der Waals surface area contributed by atoms with E-state index in [2.05, 4.69) is 29.0 Å². The van der Waals surface area contributed by atoms with Gasteiger partial charge < -0.3 is 4.74 Å². The number of nitrogens with one attached hydrogen (secondary N) is 1. The van der Waals surface area contributed by atoms with Crippen LogP contribution in [0.15, 0.2) is 42.5 Å². The fourth-order valence-corrected chi connectivity index (χ4v) is 7.31. The van der Waals surface area contributed by atoms with E-state index < -0.39 is 25.9 Å². The molecular formula is C21H27NO3S3. The normalized spacial score (nSPS) is 18.7. The molecule has 1 heterocycles. The van der Waals surface area contributed by atoms with Crippen LogP contribution in [0.25, 0.3) is 10.8 Å². The first kappa shape index (κ1) is 21.7. The molecule has 1 aliphatic heterocycles. The zero-order valence-electron chi connectivity index (χ0n) is 16.7. The van der Waals surface area contributed by atoms with E-state index >= 15 is 0 Å². The Bertz CT molecular complexity index is 873. The highest BCUT2D eigenvalue weighted by Crippen LogP contribution is 2.53. The second-order valence-corrected chi connectivity index (χ2v) is 12.6. The van der Waals surface area contributed by atoms with Gasteiger partial charge in [-0.25, -0.2) is 13.7 Å². The fourth-order valence-electron chi connectivity index (χ4n) is 3.10. The molecule has 4 nitrogen and oxygen atoms in total. The molecule has 0 radical (unpaired) electrons. The maximum Gasteiger partial charge on any atom is 0.334 e. The molecule has 0 amide bonds. The molecule has 152 valence electrons. The lowest BCUT2D eigenvalue weighted by Gasteiger charge is -2.36. The average Bonchev–Trinajstić information content (AvgIpc) is 3.16. The summed E-state index contributed by atoms with van der Waals surface area (Å²) in [6, 6.07) is 13.9. The molecule has 1 unspecified atom stereocenters. The van der Waals surface area contributed by atoms with Gasteiger partial charge in [-0.3, -0.25) is 0 Å². The lowest BCUT2D eigenvalue weighted by molar-refractivity contribution is -0.143. The van der Waals surface area contributed by atoms with Crippen molar-refractivity contribution in [1.29, 1.82) is 0 Å². The van der Waals surface area contributed by atoms with Crippen LogP contribution < -0.4 is 4.72 Å². The summed E-state index contributed by atoms with van der Waals surface area (Å²) >= 11 is 3.18. The number of hydrogen-bond acceptors (Lipinski definition) is 5. The van der Waals surface area contributed by atoms with Crippen LogP contribution in [0.2, 0.25) is 0 Å². The van der Waals surface area contributed by atoms with Gasteiger partial charge in [0.05, 0.1) is 28.4 Å². The number of rotatable bonds is 6. The SMILES string of the molecule is CCOC(=O)C1(C(N[S@@](=O)C(C)(C)C)c2ccc3ccccc3c2)SCCS1. The number of carbonyl (C=O) groups excluding carboxylic acids is 1. The van der Waals surface area contributed by atoms with Crippen molar-refractivity contribution < 1.29 is 13.7 Å². The minimum Gasteiger partial charge on any atom is -0.464 e. The Morgan fingerprint density at radius 1 is 1.18 bits per heavy atom. The zero-order chi connectivity index (χ0) is 20.4.